The third-order valence-electron chi connectivity index (χ3n) is 1.05. The number of hydrogen-bond donors (Lipinski definition) is 0. The number of nitrogens with zero attached hydrogens (tertiary/aromatic N) is 2. The van der Waals surface area contributed by atoms with Gasteiger partial charge in [-0.3, -0.25) is 0 Å². The first-order valence-corrected chi connectivity index (χ1v) is 4.39. The fraction of sp³-hybridized carbons (Fsp3) is 0.714. The Hall–Kier alpha value is -0.640. The van der Waals surface area contributed by atoms with Crippen LogP contribution in [-0.4, -0.2) is 16.0 Å². The van der Waals surface area contributed by atoms with Crippen molar-refractivity contribution in [3.8, 4) is 5.19 Å². The summed E-state index contributed by atoms with van der Waals surface area (Å²) in [5.41, 5.74) is 0. The predicted molar refractivity (Wildman–Crippen MR) is 45.0 cm³/mol. The number of hydrogen-bond acceptors (Lipinski definition) is 4. The van der Waals surface area contributed by atoms with Crippen LogP contribution in [0.3, 0.4) is 0 Å². The zero-order valence-corrected chi connectivity index (χ0v) is 7.81. The third-order valence-corrected chi connectivity index (χ3v) is 1.77. The molecule has 1 aromatic heterocycles. The lowest BCUT2D eigenvalue weighted by Crippen LogP contribution is -2.03. The standard InChI is InChI=1S/C7H12N2OS/c1-5(2)4-10-7-8-6(3)9-11-7/h5H,4H2,1-3H3. The Morgan fingerprint density at radius 3 is 2.73 bits per heavy atom. The van der Waals surface area contributed by atoms with Crippen LogP contribution in [0, 0.1) is 12.8 Å². The summed E-state index contributed by atoms with van der Waals surface area (Å²) in [6, 6.07) is 0. The van der Waals surface area contributed by atoms with Crippen LogP contribution < -0.4 is 4.74 Å². The second kappa shape index (κ2) is 3.67. The summed E-state index contributed by atoms with van der Waals surface area (Å²) in [7, 11) is 0. The van der Waals surface area contributed by atoms with Crippen LogP contribution in [0.5, 0.6) is 5.19 Å². The average molecular weight is 172 g/mol. The van der Waals surface area contributed by atoms with Crippen molar-refractivity contribution < 1.29 is 4.74 Å². The fourth-order valence-electron chi connectivity index (χ4n) is 0.575. The molecule has 0 atom stereocenters. The highest BCUT2D eigenvalue weighted by atomic mass is 32.1. The van der Waals surface area contributed by atoms with Gasteiger partial charge in [0.05, 0.1) is 6.61 Å². The zero-order valence-electron chi connectivity index (χ0n) is 7.00. The Morgan fingerprint density at radius 1 is 1.55 bits per heavy atom. The molecule has 1 rings (SSSR count). The number of aromatic nitrogens is 2. The van der Waals surface area contributed by atoms with Gasteiger partial charge in [0, 0.05) is 11.5 Å². The second-order valence-electron chi connectivity index (χ2n) is 2.81. The maximum absolute atomic E-state index is 5.33. The Morgan fingerprint density at radius 2 is 2.27 bits per heavy atom. The van der Waals surface area contributed by atoms with Crippen LogP contribution in [0.2, 0.25) is 0 Å². The molecular weight excluding hydrogens is 160 g/mol. The van der Waals surface area contributed by atoms with Gasteiger partial charge in [0.2, 0.25) is 0 Å². The van der Waals surface area contributed by atoms with Crippen molar-refractivity contribution in [2.45, 2.75) is 20.8 Å². The van der Waals surface area contributed by atoms with Crippen molar-refractivity contribution in [1.29, 1.82) is 0 Å². The molecule has 3 nitrogen and oxygen atoms in total. The quantitative estimate of drug-likeness (QED) is 0.698. The van der Waals surface area contributed by atoms with Crippen LogP contribution in [0.25, 0.3) is 0 Å². The van der Waals surface area contributed by atoms with Crippen molar-refractivity contribution in [1.82, 2.24) is 9.36 Å². The molecule has 0 aliphatic heterocycles. The van der Waals surface area contributed by atoms with Gasteiger partial charge in [-0.15, -0.1) is 0 Å². The van der Waals surface area contributed by atoms with Crippen molar-refractivity contribution >= 4 is 11.5 Å². The molecule has 0 saturated carbocycles. The molecule has 0 saturated heterocycles. The highest BCUT2D eigenvalue weighted by molar-refractivity contribution is 7.07. The van der Waals surface area contributed by atoms with Crippen LogP contribution in [-0.2, 0) is 0 Å². The molecule has 0 unspecified atom stereocenters. The molecule has 0 aliphatic rings. The topological polar surface area (TPSA) is 35.0 Å². The maximum atomic E-state index is 5.33. The number of aryl methyl sites for hydroxylation is 1. The van der Waals surface area contributed by atoms with E-state index in [1.165, 1.54) is 11.5 Å². The second-order valence-corrected chi connectivity index (χ2v) is 3.53. The molecule has 11 heavy (non-hydrogen) atoms. The number of rotatable bonds is 3. The lowest BCUT2D eigenvalue weighted by molar-refractivity contribution is 0.269. The van der Waals surface area contributed by atoms with Crippen molar-refractivity contribution in [2.24, 2.45) is 5.92 Å². The molecule has 1 heterocycles. The predicted octanol–water partition coefficient (Wildman–Crippen LogP) is 1.88. The molecular formula is C7H12N2OS. The first kappa shape index (κ1) is 8.46. The zero-order chi connectivity index (χ0) is 8.27. The van der Waals surface area contributed by atoms with Crippen molar-refractivity contribution in [2.75, 3.05) is 6.61 Å². The van der Waals surface area contributed by atoms with Gasteiger partial charge in [-0.2, -0.15) is 9.36 Å². The van der Waals surface area contributed by atoms with Gasteiger partial charge in [-0.25, -0.2) is 0 Å². The maximum Gasteiger partial charge on any atom is 0.293 e. The first-order valence-electron chi connectivity index (χ1n) is 3.61. The molecule has 62 valence electrons. The van der Waals surface area contributed by atoms with E-state index in [1.807, 2.05) is 6.92 Å². The summed E-state index contributed by atoms with van der Waals surface area (Å²) in [5, 5.41) is 0.677. The fourth-order valence-corrected chi connectivity index (χ4v) is 1.12. The minimum absolute atomic E-state index is 0.541. The molecule has 0 bridgehead atoms. The van der Waals surface area contributed by atoms with Crippen LogP contribution >= 0.6 is 11.5 Å². The molecule has 4 heteroatoms. The Bertz CT molecular complexity index is 222. The van der Waals surface area contributed by atoms with Gasteiger partial charge in [0.1, 0.15) is 5.82 Å². The van der Waals surface area contributed by atoms with E-state index in [2.05, 4.69) is 23.2 Å². The molecule has 0 amide bonds. The third kappa shape index (κ3) is 2.84. The van der Waals surface area contributed by atoms with Gasteiger partial charge in [0.25, 0.3) is 5.19 Å². The highest BCUT2D eigenvalue weighted by Gasteiger charge is 2.01. The molecule has 0 spiro atoms. The van der Waals surface area contributed by atoms with Crippen LogP contribution in [0.1, 0.15) is 19.7 Å². The summed E-state index contributed by atoms with van der Waals surface area (Å²) in [5.74, 6) is 1.33. The Kier molecular flexibility index (Phi) is 2.82. The molecule has 0 aromatic carbocycles. The molecule has 0 fully saturated rings. The average Bonchev–Trinajstić information content (AvgIpc) is 2.31. The highest BCUT2D eigenvalue weighted by Crippen LogP contribution is 2.13. The molecule has 1 aromatic rings. The van der Waals surface area contributed by atoms with Crippen LogP contribution in [0.15, 0.2) is 0 Å². The summed E-state index contributed by atoms with van der Waals surface area (Å²) in [6.45, 7) is 6.79. The van der Waals surface area contributed by atoms with E-state index in [4.69, 9.17) is 4.74 Å². The van der Waals surface area contributed by atoms with E-state index in [1.54, 1.807) is 0 Å². The van der Waals surface area contributed by atoms with E-state index < -0.39 is 0 Å². The van der Waals surface area contributed by atoms with Crippen molar-refractivity contribution in [3.63, 3.8) is 0 Å². The minimum Gasteiger partial charge on any atom is -0.469 e. The smallest absolute Gasteiger partial charge is 0.293 e. The molecule has 0 radical (unpaired) electrons. The SMILES string of the molecule is Cc1nsc(OCC(C)C)n1. The molecule has 0 aliphatic carbocycles. The van der Waals surface area contributed by atoms with E-state index in [0.717, 1.165) is 5.82 Å². The first-order chi connectivity index (χ1) is 5.18. The summed E-state index contributed by atoms with van der Waals surface area (Å²) >= 11 is 1.31. The van der Waals surface area contributed by atoms with E-state index >= 15 is 0 Å². The summed E-state index contributed by atoms with van der Waals surface area (Å²) in [6.07, 6.45) is 0. The van der Waals surface area contributed by atoms with Gasteiger partial charge >= 0.3 is 0 Å². The van der Waals surface area contributed by atoms with E-state index in [-0.39, 0.29) is 0 Å². The Labute approximate surface area is 70.6 Å². The lowest BCUT2D eigenvalue weighted by Gasteiger charge is -2.02. The Balaban J connectivity index is 2.39. The normalized spacial score (nSPS) is 10.5. The minimum atomic E-state index is 0.541. The van der Waals surface area contributed by atoms with Gasteiger partial charge in [0.15, 0.2) is 0 Å². The van der Waals surface area contributed by atoms with E-state index in [9.17, 15) is 0 Å². The van der Waals surface area contributed by atoms with Gasteiger partial charge in [-0.1, -0.05) is 13.8 Å². The lowest BCUT2D eigenvalue weighted by atomic mass is 10.2. The van der Waals surface area contributed by atoms with Crippen LogP contribution in [0.4, 0.5) is 0 Å². The number of ether oxygens (including phenoxy) is 1. The summed E-state index contributed by atoms with van der Waals surface area (Å²) in [4.78, 5) is 4.07. The van der Waals surface area contributed by atoms with Gasteiger partial charge < -0.3 is 4.74 Å². The molecule has 0 N–H and O–H groups in total. The van der Waals surface area contributed by atoms with E-state index in [0.29, 0.717) is 17.7 Å². The summed E-state index contributed by atoms with van der Waals surface area (Å²) < 4.78 is 9.33. The van der Waals surface area contributed by atoms with Crippen molar-refractivity contribution in [3.05, 3.63) is 5.82 Å². The largest absolute Gasteiger partial charge is 0.469 e. The van der Waals surface area contributed by atoms with Gasteiger partial charge in [-0.05, 0) is 12.8 Å². The monoisotopic (exact) mass is 172 g/mol.